The molecule has 1 rings (SSSR count). The van der Waals surface area contributed by atoms with Crippen LogP contribution in [0, 0.1) is 0 Å². The smallest absolute Gasteiger partial charge is 0.412 e. The predicted octanol–water partition coefficient (Wildman–Crippen LogP) is 3.14. The number of rotatable bonds is 6. The van der Waals surface area contributed by atoms with E-state index in [-0.39, 0.29) is 12.0 Å². The molecule has 0 fully saturated rings. The predicted molar refractivity (Wildman–Crippen MR) is 83.8 cm³/mol. The first kappa shape index (κ1) is 18.5. The SMILES string of the molecule is CC(C)(C)OC(=O)Nc1ccc(C(=O)O)cc1CCCC(=O)O. The molecule has 1 aromatic carbocycles. The number of hydrogen-bond acceptors (Lipinski definition) is 4. The van der Waals surface area contributed by atoms with Crippen LogP contribution < -0.4 is 5.32 Å². The van der Waals surface area contributed by atoms with E-state index in [1.54, 1.807) is 20.8 Å². The first-order chi connectivity index (χ1) is 10.6. The van der Waals surface area contributed by atoms with E-state index in [9.17, 15) is 14.4 Å². The average molecular weight is 323 g/mol. The van der Waals surface area contributed by atoms with Gasteiger partial charge in [-0.05, 0) is 57.4 Å². The summed E-state index contributed by atoms with van der Waals surface area (Å²) >= 11 is 0. The maximum atomic E-state index is 11.8. The Bertz CT molecular complexity index is 603. The number of carbonyl (C=O) groups excluding carboxylic acids is 1. The standard InChI is InChI=1S/C16H21NO6/c1-16(2,3)23-15(22)17-12-8-7-11(14(20)21)9-10(12)5-4-6-13(18)19/h7-9H,4-6H2,1-3H3,(H,17,22)(H,18,19)(H,20,21). The Morgan fingerprint density at radius 2 is 1.83 bits per heavy atom. The first-order valence-electron chi connectivity index (χ1n) is 7.16. The van der Waals surface area contributed by atoms with Crippen molar-refractivity contribution in [1.29, 1.82) is 0 Å². The zero-order chi connectivity index (χ0) is 17.6. The number of aromatic carboxylic acids is 1. The minimum absolute atomic E-state index is 0.0385. The van der Waals surface area contributed by atoms with Crippen LogP contribution in [0.25, 0.3) is 0 Å². The quantitative estimate of drug-likeness (QED) is 0.741. The van der Waals surface area contributed by atoms with Crippen molar-refractivity contribution >= 4 is 23.7 Å². The van der Waals surface area contributed by atoms with Crippen molar-refractivity contribution in [2.75, 3.05) is 5.32 Å². The van der Waals surface area contributed by atoms with Crippen LogP contribution in [0.2, 0.25) is 0 Å². The number of aliphatic carboxylic acids is 1. The average Bonchev–Trinajstić information content (AvgIpc) is 2.37. The van der Waals surface area contributed by atoms with Crippen molar-refractivity contribution in [1.82, 2.24) is 0 Å². The van der Waals surface area contributed by atoms with Crippen LogP contribution in [0.4, 0.5) is 10.5 Å². The number of ether oxygens (including phenoxy) is 1. The lowest BCUT2D eigenvalue weighted by atomic mass is 10.0. The molecule has 0 aliphatic heterocycles. The minimum atomic E-state index is -1.09. The summed E-state index contributed by atoms with van der Waals surface area (Å²) in [7, 11) is 0. The van der Waals surface area contributed by atoms with Crippen LogP contribution in [0.1, 0.15) is 49.5 Å². The lowest BCUT2D eigenvalue weighted by Gasteiger charge is -2.20. The van der Waals surface area contributed by atoms with Gasteiger partial charge >= 0.3 is 18.0 Å². The van der Waals surface area contributed by atoms with Crippen LogP contribution in [0.15, 0.2) is 18.2 Å². The van der Waals surface area contributed by atoms with Crippen molar-refractivity contribution in [2.45, 2.75) is 45.6 Å². The molecule has 0 aromatic heterocycles. The first-order valence-corrected chi connectivity index (χ1v) is 7.16. The summed E-state index contributed by atoms with van der Waals surface area (Å²) in [5.41, 5.74) is 0.380. The van der Waals surface area contributed by atoms with Gasteiger partial charge in [0.05, 0.1) is 5.56 Å². The van der Waals surface area contributed by atoms with E-state index >= 15 is 0 Å². The molecule has 126 valence electrons. The van der Waals surface area contributed by atoms with Crippen LogP contribution in [0.5, 0.6) is 0 Å². The Morgan fingerprint density at radius 3 is 2.35 bits per heavy atom. The molecule has 7 nitrogen and oxygen atoms in total. The van der Waals surface area contributed by atoms with Gasteiger partial charge in [0.15, 0.2) is 0 Å². The minimum Gasteiger partial charge on any atom is -0.481 e. The van der Waals surface area contributed by atoms with Crippen molar-refractivity contribution in [2.24, 2.45) is 0 Å². The van der Waals surface area contributed by atoms with Crippen molar-refractivity contribution in [3.63, 3.8) is 0 Å². The topological polar surface area (TPSA) is 113 Å². The second-order valence-electron chi connectivity index (χ2n) is 6.05. The van der Waals surface area contributed by atoms with Crippen molar-refractivity contribution in [3.05, 3.63) is 29.3 Å². The summed E-state index contributed by atoms with van der Waals surface area (Å²) in [6.45, 7) is 5.19. The number of anilines is 1. The van der Waals surface area contributed by atoms with Crippen molar-refractivity contribution in [3.8, 4) is 0 Å². The summed E-state index contributed by atoms with van der Waals surface area (Å²) in [6, 6.07) is 4.27. The number of benzene rings is 1. The summed E-state index contributed by atoms with van der Waals surface area (Å²) in [4.78, 5) is 33.5. The molecule has 0 bridgehead atoms. The van der Waals surface area contributed by atoms with Crippen LogP contribution in [0.3, 0.4) is 0 Å². The van der Waals surface area contributed by atoms with E-state index in [0.717, 1.165) is 0 Å². The molecule has 7 heteroatoms. The van der Waals surface area contributed by atoms with Crippen LogP contribution >= 0.6 is 0 Å². The molecule has 0 radical (unpaired) electrons. The largest absolute Gasteiger partial charge is 0.481 e. The summed E-state index contributed by atoms with van der Waals surface area (Å²) in [5.74, 6) is -2.02. The van der Waals surface area contributed by atoms with Crippen LogP contribution in [-0.2, 0) is 16.0 Å². The highest BCUT2D eigenvalue weighted by atomic mass is 16.6. The molecule has 23 heavy (non-hydrogen) atoms. The van der Waals surface area contributed by atoms with Crippen LogP contribution in [-0.4, -0.2) is 33.8 Å². The third-order valence-electron chi connectivity index (χ3n) is 2.82. The molecule has 0 saturated heterocycles. The van der Waals surface area contributed by atoms with Gasteiger partial charge in [-0.1, -0.05) is 0 Å². The molecule has 0 saturated carbocycles. The van der Waals surface area contributed by atoms with Gasteiger partial charge < -0.3 is 14.9 Å². The fourth-order valence-electron chi connectivity index (χ4n) is 1.90. The Balaban J connectivity index is 2.93. The highest BCUT2D eigenvalue weighted by molar-refractivity contribution is 5.91. The Morgan fingerprint density at radius 1 is 1.17 bits per heavy atom. The van der Waals surface area contributed by atoms with Gasteiger partial charge in [-0.2, -0.15) is 0 Å². The van der Waals surface area contributed by atoms with Crippen molar-refractivity contribution < 1.29 is 29.3 Å². The number of carbonyl (C=O) groups is 3. The third-order valence-corrected chi connectivity index (χ3v) is 2.82. The molecule has 0 unspecified atom stereocenters. The number of carboxylic acids is 2. The summed E-state index contributed by atoms with van der Waals surface area (Å²) < 4.78 is 5.16. The third kappa shape index (κ3) is 6.82. The molecule has 1 aromatic rings. The maximum absolute atomic E-state index is 11.8. The van der Waals surface area contributed by atoms with E-state index in [0.29, 0.717) is 24.1 Å². The summed E-state index contributed by atoms with van der Waals surface area (Å²) in [5, 5.41) is 20.3. The molecule has 0 atom stereocenters. The number of amides is 1. The normalized spacial score (nSPS) is 10.9. The zero-order valence-corrected chi connectivity index (χ0v) is 13.4. The molecule has 0 spiro atoms. The van der Waals surface area contributed by atoms with Gasteiger partial charge in [0, 0.05) is 12.1 Å². The number of carboxylic acid groups (broad SMARTS) is 2. The zero-order valence-electron chi connectivity index (χ0n) is 13.4. The number of hydrogen-bond donors (Lipinski definition) is 3. The molecule has 0 aliphatic carbocycles. The van der Waals surface area contributed by atoms with Gasteiger partial charge in [0.1, 0.15) is 5.60 Å². The van der Waals surface area contributed by atoms with E-state index in [4.69, 9.17) is 14.9 Å². The van der Waals surface area contributed by atoms with Gasteiger partial charge in [0.25, 0.3) is 0 Å². The second kappa shape index (κ2) is 7.62. The van der Waals surface area contributed by atoms with E-state index in [1.165, 1.54) is 18.2 Å². The van der Waals surface area contributed by atoms with Gasteiger partial charge in [-0.25, -0.2) is 9.59 Å². The lowest BCUT2D eigenvalue weighted by molar-refractivity contribution is -0.137. The van der Waals surface area contributed by atoms with Gasteiger partial charge in [0.2, 0.25) is 0 Å². The molecule has 1 amide bonds. The highest BCUT2D eigenvalue weighted by Gasteiger charge is 2.18. The Labute approximate surface area is 134 Å². The number of nitrogens with one attached hydrogen (secondary N) is 1. The van der Waals surface area contributed by atoms with E-state index in [2.05, 4.69) is 5.32 Å². The monoisotopic (exact) mass is 323 g/mol. The summed E-state index contributed by atoms with van der Waals surface area (Å²) in [6.07, 6.45) is -0.0246. The molecular formula is C16H21NO6. The molecule has 0 heterocycles. The van der Waals surface area contributed by atoms with E-state index < -0.39 is 23.6 Å². The lowest BCUT2D eigenvalue weighted by Crippen LogP contribution is -2.27. The van der Waals surface area contributed by atoms with Gasteiger partial charge in [-0.15, -0.1) is 0 Å². The van der Waals surface area contributed by atoms with E-state index in [1.807, 2.05) is 0 Å². The molecule has 3 N–H and O–H groups in total. The van der Waals surface area contributed by atoms with Gasteiger partial charge in [-0.3, -0.25) is 10.1 Å². The molecule has 0 aliphatic rings. The highest BCUT2D eigenvalue weighted by Crippen LogP contribution is 2.21. The molecular weight excluding hydrogens is 302 g/mol. The second-order valence-corrected chi connectivity index (χ2v) is 6.05. The Kier molecular flexibility index (Phi) is 6.12. The maximum Gasteiger partial charge on any atom is 0.412 e. The fourth-order valence-corrected chi connectivity index (χ4v) is 1.90. The fraction of sp³-hybridized carbons (Fsp3) is 0.438. The Hall–Kier alpha value is -2.57. The number of aryl methyl sites for hydroxylation is 1.